The third kappa shape index (κ3) is 2.48. The van der Waals surface area contributed by atoms with Crippen LogP contribution in [0.4, 0.5) is 0 Å². The second-order valence-corrected chi connectivity index (χ2v) is 4.11. The lowest BCUT2D eigenvalue weighted by Crippen LogP contribution is -2.19. The van der Waals surface area contributed by atoms with E-state index in [1.54, 1.807) is 5.38 Å². The summed E-state index contributed by atoms with van der Waals surface area (Å²) in [5.41, 5.74) is 6.00. The van der Waals surface area contributed by atoms with Crippen LogP contribution >= 0.6 is 11.3 Å². The number of nitrogens with two attached hydrogens (primary N) is 1. The number of amides is 1. The number of carbonyl (C=O) groups excluding carboxylic acids is 1. The Kier molecular flexibility index (Phi) is 3.45. The van der Waals surface area contributed by atoms with E-state index in [0.717, 1.165) is 5.01 Å². The average molecular weight is 253 g/mol. The summed E-state index contributed by atoms with van der Waals surface area (Å²) in [5, 5.41) is 8.68. The molecule has 0 fully saturated rings. The van der Waals surface area contributed by atoms with Crippen LogP contribution < -0.4 is 11.1 Å². The lowest BCUT2D eigenvalue weighted by molar-refractivity contribution is 0.0950. The molecule has 0 saturated heterocycles. The van der Waals surface area contributed by atoms with Crippen molar-refractivity contribution in [3.8, 4) is 11.6 Å². The maximum atomic E-state index is 11.2. The number of nitrogens with zero attached hydrogens (tertiary/aromatic N) is 3. The molecule has 7 nitrogen and oxygen atoms in total. The zero-order valence-corrected chi connectivity index (χ0v) is 9.95. The number of rotatable bonds is 4. The Bertz CT molecular complexity index is 521. The van der Waals surface area contributed by atoms with Gasteiger partial charge in [-0.3, -0.25) is 4.79 Å². The molecular weight excluding hydrogens is 242 g/mol. The van der Waals surface area contributed by atoms with Gasteiger partial charge < -0.3 is 15.6 Å². The molecule has 2 heterocycles. The van der Waals surface area contributed by atoms with Crippen molar-refractivity contribution >= 4 is 17.2 Å². The Balaban J connectivity index is 2.21. The first kappa shape index (κ1) is 11.7. The first-order valence-corrected chi connectivity index (χ1v) is 5.83. The second-order valence-electron chi connectivity index (χ2n) is 3.17. The molecule has 1 amide bonds. The Morgan fingerprint density at radius 2 is 2.41 bits per heavy atom. The molecule has 0 saturated carbocycles. The van der Waals surface area contributed by atoms with Gasteiger partial charge in [0, 0.05) is 18.8 Å². The lowest BCUT2D eigenvalue weighted by atomic mass is 10.4. The van der Waals surface area contributed by atoms with Gasteiger partial charge in [0.2, 0.25) is 0 Å². The van der Waals surface area contributed by atoms with Crippen molar-refractivity contribution in [2.24, 2.45) is 5.73 Å². The van der Waals surface area contributed by atoms with E-state index in [9.17, 15) is 4.79 Å². The van der Waals surface area contributed by atoms with Crippen molar-refractivity contribution in [2.45, 2.75) is 6.42 Å². The van der Waals surface area contributed by atoms with Gasteiger partial charge >= 0.3 is 0 Å². The number of hydrogen-bond donors (Lipinski definition) is 2. The molecule has 2 aromatic heterocycles. The van der Waals surface area contributed by atoms with E-state index in [0.29, 0.717) is 18.7 Å². The molecule has 0 aliphatic carbocycles. The van der Waals surface area contributed by atoms with E-state index >= 15 is 0 Å². The van der Waals surface area contributed by atoms with Crippen molar-refractivity contribution in [3.05, 3.63) is 16.2 Å². The molecule has 0 aromatic carbocycles. The van der Waals surface area contributed by atoms with Gasteiger partial charge in [-0.15, -0.1) is 11.3 Å². The quantitative estimate of drug-likeness (QED) is 0.797. The summed E-state index contributed by atoms with van der Waals surface area (Å²) in [4.78, 5) is 19.5. The van der Waals surface area contributed by atoms with Crippen LogP contribution in [0.25, 0.3) is 11.6 Å². The Morgan fingerprint density at radius 1 is 1.59 bits per heavy atom. The normalized spacial score (nSPS) is 10.5. The van der Waals surface area contributed by atoms with Gasteiger partial charge in [0.25, 0.3) is 17.6 Å². The average Bonchev–Trinajstić information content (AvgIpc) is 2.96. The molecular formula is C9H11N5O2S. The van der Waals surface area contributed by atoms with E-state index in [-0.39, 0.29) is 11.7 Å². The van der Waals surface area contributed by atoms with Crippen molar-refractivity contribution in [3.63, 3.8) is 0 Å². The zero-order chi connectivity index (χ0) is 12.3. The van der Waals surface area contributed by atoms with Gasteiger partial charge in [-0.25, -0.2) is 4.98 Å². The molecule has 90 valence electrons. The minimum absolute atomic E-state index is 0.00382. The summed E-state index contributed by atoms with van der Waals surface area (Å²) >= 11 is 1.47. The lowest BCUT2D eigenvalue weighted by Gasteiger charge is -1.88. The summed E-state index contributed by atoms with van der Waals surface area (Å²) in [6.07, 6.45) is 0.709. The predicted molar refractivity (Wildman–Crippen MR) is 61.6 cm³/mol. The molecule has 0 unspecified atom stereocenters. The van der Waals surface area contributed by atoms with Gasteiger partial charge in [-0.1, -0.05) is 5.16 Å². The first-order valence-electron chi connectivity index (χ1n) is 4.95. The minimum Gasteiger partial charge on any atom is -0.352 e. The summed E-state index contributed by atoms with van der Waals surface area (Å²) in [5.74, 6) is -0.156. The van der Waals surface area contributed by atoms with Crippen molar-refractivity contribution < 1.29 is 9.32 Å². The van der Waals surface area contributed by atoms with Gasteiger partial charge in [-0.2, -0.15) is 4.98 Å². The summed E-state index contributed by atoms with van der Waals surface area (Å²) in [7, 11) is 1.50. The third-order valence-electron chi connectivity index (χ3n) is 1.99. The number of carbonyl (C=O) groups is 1. The van der Waals surface area contributed by atoms with Gasteiger partial charge in [-0.05, 0) is 6.54 Å². The fourth-order valence-electron chi connectivity index (χ4n) is 1.18. The number of thiazole rings is 1. The van der Waals surface area contributed by atoms with Crippen molar-refractivity contribution in [1.29, 1.82) is 0 Å². The number of hydrogen-bond acceptors (Lipinski definition) is 7. The molecule has 0 bridgehead atoms. The van der Waals surface area contributed by atoms with E-state index in [2.05, 4.69) is 20.4 Å². The molecule has 3 N–H and O–H groups in total. The van der Waals surface area contributed by atoms with E-state index in [1.807, 2.05) is 0 Å². The molecule has 8 heteroatoms. The van der Waals surface area contributed by atoms with Crippen LogP contribution in [-0.4, -0.2) is 34.6 Å². The molecule has 0 radical (unpaired) electrons. The van der Waals surface area contributed by atoms with Crippen molar-refractivity contribution in [1.82, 2.24) is 20.4 Å². The van der Waals surface area contributed by atoms with Crippen molar-refractivity contribution in [2.75, 3.05) is 13.6 Å². The SMILES string of the molecule is CNC(=O)c1noc(-c2csc(CCN)n2)n1. The van der Waals surface area contributed by atoms with Crippen LogP contribution in [0.3, 0.4) is 0 Å². The van der Waals surface area contributed by atoms with Crippen LogP contribution in [0.2, 0.25) is 0 Å². The molecule has 0 aliphatic rings. The standard InChI is InChI=1S/C9H11N5O2S/c1-11-8(15)7-13-9(16-14-7)5-4-17-6(12-5)2-3-10/h4H,2-3,10H2,1H3,(H,11,15). The van der Waals surface area contributed by atoms with Gasteiger partial charge in [0.05, 0.1) is 5.01 Å². The molecule has 0 atom stereocenters. The summed E-state index contributed by atoms with van der Waals surface area (Å²) in [6.45, 7) is 0.542. The zero-order valence-electron chi connectivity index (χ0n) is 9.14. The highest BCUT2D eigenvalue weighted by Crippen LogP contribution is 2.20. The highest BCUT2D eigenvalue weighted by Gasteiger charge is 2.16. The van der Waals surface area contributed by atoms with Crippen LogP contribution in [0.15, 0.2) is 9.90 Å². The number of aromatic nitrogens is 3. The largest absolute Gasteiger partial charge is 0.352 e. The van der Waals surface area contributed by atoms with E-state index in [1.165, 1.54) is 18.4 Å². The third-order valence-corrected chi connectivity index (χ3v) is 2.89. The Morgan fingerprint density at radius 3 is 3.12 bits per heavy atom. The van der Waals surface area contributed by atoms with Crippen LogP contribution in [0, 0.1) is 0 Å². The predicted octanol–water partition coefficient (Wildman–Crippen LogP) is 0.0539. The maximum absolute atomic E-state index is 11.2. The fraction of sp³-hybridized carbons (Fsp3) is 0.333. The van der Waals surface area contributed by atoms with Gasteiger partial charge in [0.1, 0.15) is 5.69 Å². The maximum Gasteiger partial charge on any atom is 0.292 e. The summed E-state index contributed by atoms with van der Waals surface area (Å²) in [6, 6.07) is 0. The summed E-state index contributed by atoms with van der Waals surface area (Å²) < 4.78 is 4.96. The molecule has 2 aromatic rings. The first-order chi connectivity index (χ1) is 8.24. The van der Waals surface area contributed by atoms with Gasteiger partial charge in [0.15, 0.2) is 0 Å². The Hall–Kier alpha value is -1.80. The molecule has 17 heavy (non-hydrogen) atoms. The molecule has 0 spiro atoms. The van der Waals surface area contributed by atoms with Crippen LogP contribution in [0.1, 0.15) is 15.6 Å². The number of nitrogens with one attached hydrogen (secondary N) is 1. The topological polar surface area (TPSA) is 107 Å². The fourth-order valence-corrected chi connectivity index (χ4v) is 1.97. The molecule has 2 rings (SSSR count). The van der Waals surface area contributed by atoms with E-state index < -0.39 is 5.91 Å². The molecule has 0 aliphatic heterocycles. The van der Waals surface area contributed by atoms with E-state index in [4.69, 9.17) is 10.3 Å². The van der Waals surface area contributed by atoms with Crippen LogP contribution in [-0.2, 0) is 6.42 Å². The highest BCUT2D eigenvalue weighted by atomic mass is 32.1. The van der Waals surface area contributed by atoms with Crippen LogP contribution in [0.5, 0.6) is 0 Å². The second kappa shape index (κ2) is 5.02. The monoisotopic (exact) mass is 253 g/mol. The Labute approximate surface area is 101 Å². The smallest absolute Gasteiger partial charge is 0.292 e. The highest BCUT2D eigenvalue weighted by molar-refractivity contribution is 7.09. The minimum atomic E-state index is -0.391.